The first-order valence-corrected chi connectivity index (χ1v) is 10.0. The molecule has 3 aliphatic rings. The van der Waals surface area contributed by atoms with E-state index < -0.39 is 11.9 Å². The smallest absolute Gasteiger partial charge is 0.350 e. The standard InChI is InChI=1S/C22H24N4O4/c1-30-17-8-6-16(7-9-17)24-12-14-25(15-13-24)20(27)10-11-26-21(28)18-4-2-3-5-19(18)23-22(26)29/h2-9,18H,10-15H2,1H3. The molecular weight excluding hydrogens is 384 g/mol. The van der Waals surface area contributed by atoms with Gasteiger partial charge in [-0.25, -0.2) is 4.79 Å². The third kappa shape index (κ3) is 3.98. The van der Waals surface area contributed by atoms with E-state index in [2.05, 4.69) is 9.89 Å². The van der Waals surface area contributed by atoms with Crippen LogP contribution in [0.4, 0.5) is 10.5 Å². The predicted octanol–water partition coefficient (Wildman–Crippen LogP) is 1.88. The van der Waals surface area contributed by atoms with E-state index in [1.807, 2.05) is 24.3 Å². The van der Waals surface area contributed by atoms with Crippen LogP contribution >= 0.6 is 0 Å². The molecule has 1 unspecified atom stereocenters. The number of urea groups is 1. The van der Waals surface area contributed by atoms with Gasteiger partial charge in [0.2, 0.25) is 11.8 Å². The summed E-state index contributed by atoms with van der Waals surface area (Å²) in [6.45, 7) is 2.72. The molecule has 1 saturated heterocycles. The minimum absolute atomic E-state index is 0.0556. The molecule has 0 N–H and O–H groups in total. The van der Waals surface area contributed by atoms with Crippen LogP contribution in [0.5, 0.6) is 5.75 Å². The van der Waals surface area contributed by atoms with Gasteiger partial charge in [-0.05, 0) is 30.3 Å². The molecule has 30 heavy (non-hydrogen) atoms. The fourth-order valence-electron chi connectivity index (χ4n) is 3.86. The second kappa shape index (κ2) is 8.52. The summed E-state index contributed by atoms with van der Waals surface area (Å²) in [4.78, 5) is 46.5. The van der Waals surface area contributed by atoms with Crippen LogP contribution in [0.15, 0.2) is 53.6 Å². The van der Waals surface area contributed by atoms with Gasteiger partial charge in [0.25, 0.3) is 0 Å². The number of fused-ring (bicyclic) bond motifs is 1. The van der Waals surface area contributed by atoms with Crippen molar-refractivity contribution in [3.05, 3.63) is 48.6 Å². The van der Waals surface area contributed by atoms with Crippen LogP contribution in [0, 0.1) is 5.92 Å². The van der Waals surface area contributed by atoms with Crippen molar-refractivity contribution in [2.75, 3.05) is 44.7 Å². The quantitative estimate of drug-likeness (QED) is 0.743. The first kappa shape index (κ1) is 19.9. The molecule has 0 aromatic heterocycles. The van der Waals surface area contributed by atoms with Gasteiger partial charge in [-0.1, -0.05) is 18.2 Å². The van der Waals surface area contributed by atoms with Crippen LogP contribution in [-0.4, -0.2) is 73.2 Å². The van der Waals surface area contributed by atoms with Crippen molar-refractivity contribution in [2.24, 2.45) is 10.9 Å². The normalized spacial score (nSPS) is 20.9. The number of imide groups is 1. The molecule has 1 aliphatic carbocycles. The predicted molar refractivity (Wildman–Crippen MR) is 113 cm³/mol. The van der Waals surface area contributed by atoms with Crippen LogP contribution in [-0.2, 0) is 9.59 Å². The molecule has 4 amide bonds. The maximum Gasteiger partial charge on any atom is 0.350 e. The number of rotatable bonds is 5. The third-order valence-corrected chi connectivity index (χ3v) is 5.61. The SMILES string of the molecule is COc1ccc(N2CCN(C(=O)CCN3C(=O)N=C4C=CC=CC4C3=O)CC2)cc1. The van der Waals surface area contributed by atoms with Crippen molar-refractivity contribution in [2.45, 2.75) is 6.42 Å². The number of nitrogens with zero attached hydrogens (tertiary/aromatic N) is 4. The zero-order chi connectivity index (χ0) is 21.1. The maximum absolute atomic E-state index is 12.6. The Balaban J connectivity index is 1.29. The van der Waals surface area contributed by atoms with Crippen molar-refractivity contribution in [1.82, 2.24) is 9.80 Å². The molecule has 0 bridgehead atoms. The Labute approximate surface area is 175 Å². The lowest BCUT2D eigenvalue weighted by molar-refractivity contribution is -0.133. The van der Waals surface area contributed by atoms with Gasteiger partial charge in [-0.3, -0.25) is 14.5 Å². The zero-order valence-corrected chi connectivity index (χ0v) is 16.9. The maximum atomic E-state index is 12.6. The number of ether oxygens (including phenoxy) is 1. The lowest BCUT2D eigenvalue weighted by Crippen LogP contribution is -2.50. The minimum atomic E-state index is -0.594. The Kier molecular flexibility index (Phi) is 5.65. The second-order valence-electron chi connectivity index (χ2n) is 7.35. The van der Waals surface area contributed by atoms with Gasteiger partial charge in [0.15, 0.2) is 0 Å². The molecule has 0 radical (unpaired) electrons. The van der Waals surface area contributed by atoms with Gasteiger partial charge in [0.1, 0.15) is 5.75 Å². The Hall–Kier alpha value is -3.42. The molecular formula is C22H24N4O4. The van der Waals surface area contributed by atoms with Crippen molar-refractivity contribution in [3.8, 4) is 5.75 Å². The summed E-state index contributed by atoms with van der Waals surface area (Å²) in [5, 5.41) is 0. The Morgan fingerprint density at radius 3 is 2.53 bits per heavy atom. The van der Waals surface area contributed by atoms with Crippen LogP contribution in [0.3, 0.4) is 0 Å². The number of carbonyl (C=O) groups is 3. The number of hydrogen-bond donors (Lipinski definition) is 0. The van der Waals surface area contributed by atoms with Gasteiger partial charge in [-0.2, -0.15) is 4.99 Å². The lowest BCUT2D eigenvalue weighted by atomic mass is 9.95. The second-order valence-corrected chi connectivity index (χ2v) is 7.35. The first-order chi connectivity index (χ1) is 14.6. The molecule has 8 heteroatoms. The molecule has 1 atom stereocenters. The summed E-state index contributed by atoms with van der Waals surface area (Å²) in [6, 6.07) is 7.26. The number of amides is 4. The Bertz CT molecular complexity index is 927. The number of anilines is 1. The van der Waals surface area contributed by atoms with Gasteiger partial charge in [-0.15, -0.1) is 0 Å². The van der Waals surface area contributed by atoms with Crippen molar-refractivity contribution < 1.29 is 19.1 Å². The number of carbonyl (C=O) groups excluding carboxylic acids is 3. The lowest BCUT2D eigenvalue weighted by Gasteiger charge is -2.36. The third-order valence-electron chi connectivity index (χ3n) is 5.61. The monoisotopic (exact) mass is 408 g/mol. The highest BCUT2D eigenvalue weighted by Gasteiger charge is 2.36. The summed E-state index contributed by atoms with van der Waals surface area (Å²) >= 11 is 0. The van der Waals surface area contributed by atoms with Gasteiger partial charge < -0.3 is 14.5 Å². The van der Waals surface area contributed by atoms with E-state index in [1.165, 1.54) is 0 Å². The van der Waals surface area contributed by atoms with Gasteiger partial charge >= 0.3 is 6.03 Å². The summed E-state index contributed by atoms with van der Waals surface area (Å²) in [5.41, 5.74) is 1.56. The van der Waals surface area contributed by atoms with E-state index in [0.29, 0.717) is 18.8 Å². The highest BCUT2D eigenvalue weighted by molar-refractivity contribution is 6.21. The summed E-state index contributed by atoms with van der Waals surface area (Å²) in [5.74, 6) is -0.0945. The average molecular weight is 408 g/mol. The average Bonchev–Trinajstić information content (AvgIpc) is 2.79. The highest BCUT2D eigenvalue weighted by atomic mass is 16.5. The first-order valence-electron chi connectivity index (χ1n) is 10.0. The summed E-state index contributed by atoms with van der Waals surface area (Å²) < 4.78 is 5.19. The van der Waals surface area contributed by atoms with E-state index in [1.54, 1.807) is 36.3 Å². The number of hydrogen-bond acceptors (Lipinski definition) is 5. The molecule has 156 valence electrons. The fraction of sp³-hybridized carbons (Fsp3) is 0.364. The topological polar surface area (TPSA) is 82.5 Å². The molecule has 1 aromatic rings. The number of methoxy groups -OCH3 is 1. The van der Waals surface area contributed by atoms with E-state index in [-0.39, 0.29) is 24.8 Å². The highest BCUT2D eigenvalue weighted by Crippen LogP contribution is 2.22. The number of benzene rings is 1. The Morgan fingerprint density at radius 2 is 1.83 bits per heavy atom. The number of aliphatic imine (C=N–C) groups is 1. The molecule has 0 spiro atoms. The zero-order valence-electron chi connectivity index (χ0n) is 16.9. The molecule has 8 nitrogen and oxygen atoms in total. The van der Waals surface area contributed by atoms with Crippen LogP contribution in [0.25, 0.3) is 0 Å². The van der Waals surface area contributed by atoms with E-state index >= 15 is 0 Å². The van der Waals surface area contributed by atoms with E-state index in [9.17, 15) is 14.4 Å². The van der Waals surface area contributed by atoms with Crippen LogP contribution in [0.2, 0.25) is 0 Å². The van der Waals surface area contributed by atoms with Crippen molar-refractivity contribution in [3.63, 3.8) is 0 Å². The molecule has 1 fully saturated rings. The molecule has 4 rings (SSSR count). The fourth-order valence-corrected chi connectivity index (χ4v) is 3.86. The van der Waals surface area contributed by atoms with E-state index in [0.717, 1.165) is 29.4 Å². The van der Waals surface area contributed by atoms with Crippen LogP contribution in [0.1, 0.15) is 6.42 Å². The van der Waals surface area contributed by atoms with Crippen molar-refractivity contribution >= 4 is 29.2 Å². The molecule has 0 saturated carbocycles. The van der Waals surface area contributed by atoms with Crippen LogP contribution < -0.4 is 9.64 Å². The summed E-state index contributed by atoms with van der Waals surface area (Å²) in [7, 11) is 1.64. The molecule has 1 aromatic carbocycles. The molecule has 2 aliphatic heterocycles. The summed E-state index contributed by atoms with van der Waals surface area (Å²) in [6.07, 6.45) is 7.02. The molecule has 2 heterocycles. The minimum Gasteiger partial charge on any atom is -0.497 e. The van der Waals surface area contributed by atoms with E-state index in [4.69, 9.17) is 4.74 Å². The van der Waals surface area contributed by atoms with Gasteiger partial charge in [0.05, 0.1) is 18.7 Å². The van der Waals surface area contributed by atoms with Crippen molar-refractivity contribution in [1.29, 1.82) is 0 Å². The largest absolute Gasteiger partial charge is 0.497 e. The van der Waals surface area contributed by atoms with Gasteiger partial charge in [0, 0.05) is 44.8 Å². The number of piperazine rings is 1. The Morgan fingerprint density at radius 1 is 1.10 bits per heavy atom. The number of allylic oxidation sites excluding steroid dienone is 3.